The van der Waals surface area contributed by atoms with Crippen molar-refractivity contribution in [2.24, 2.45) is 0 Å². The molecule has 0 fully saturated rings. The summed E-state index contributed by atoms with van der Waals surface area (Å²) in [6, 6.07) is 14.4. The zero-order valence-electron chi connectivity index (χ0n) is 13.1. The minimum atomic E-state index is -0.817. The maximum atomic E-state index is 10.6. The number of ether oxygens (including phenoxy) is 1. The Labute approximate surface area is 145 Å². The van der Waals surface area contributed by atoms with Gasteiger partial charge in [-0.25, -0.2) is 0 Å². The van der Waals surface area contributed by atoms with Crippen LogP contribution in [0.1, 0.15) is 12.0 Å². The Morgan fingerprint density at radius 3 is 2.67 bits per heavy atom. The van der Waals surface area contributed by atoms with Crippen molar-refractivity contribution in [3.05, 3.63) is 59.1 Å². The number of aliphatic hydroxyl groups is 1. The topological polar surface area (TPSA) is 78.8 Å². The van der Waals surface area contributed by atoms with E-state index in [-0.39, 0.29) is 13.0 Å². The molecule has 0 spiro atoms. The first-order valence-corrected chi connectivity index (χ1v) is 8.02. The van der Waals surface area contributed by atoms with Gasteiger partial charge in [-0.15, -0.1) is 0 Å². The molecular formula is C18H20ClNO4. The number of carboxylic acids is 1. The number of aliphatic hydroxyl groups excluding tert-OH is 1. The number of aryl methyl sites for hydroxylation is 1. The van der Waals surface area contributed by atoms with Crippen LogP contribution in [0.4, 0.5) is 5.69 Å². The SMILES string of the molecule is O=C(O)CCc1cccc(NCC(O)COc2ccc(Cl)cc2)c1. The fraction of sp³-hybridized carbons (Fsp3) is 0.278. The summed E-state index contributed by atoms with van der Waals surface area (Å²) in [5.41, 5.74) is 1.78. The summed E-state index contributed by atoms with van der Waals surface area (Å²) < 4.78 is 5.49. The van der Waals surface area contributed by atoms with E-state index in [9.17, 15) is 9.90 Å². The third-order valence-corrected chi connectivity index (χ3v) is 3.60. The van der Waals surface area contributed by atoms with E-state index >= 15 is 0 Å². The minimum Gasteiger partial charge on any atom is -0.491 e. The summed E-state index contributed by atoms with van der Waals surface area (Å²) in [5.74, 6) is -0.169. The fourth-order valence-corrected chi connectivity index (χ4v) is 2.23. The lowest BCUT2D eigenvalue weighted by Crippen LogP contribution is -2.26. The van der Waals surface area contributed by atoms with Crippen molar-refractivity contribution in [1.82, 2.24) is 0 Å². The number of carboxylic acid groups (broad SMARTS) is 1. The lowest BCUT2D eigenvalue weighted by Gasteiger charge is -2.14. The van der Waals surface area contributed by atoms with Gasteiger partial charge in [0.15, 0.2) is 0 Å². The van der Waals surface area contributed by atoms with E-state index in [0.717, 1.165) is 11.3 Å². The van der Waals surface area contributed by atoms with Gasteiger partial charge in [-0.05, 0) is 48.4 Å². The van der Waals surface area contributed by atoms with Gasteiger partial charge in [-0.2, -0.15) is 0 Å². The van der Waals surface area contributed by atoms with Crippen LogP contribution in [0, 0.1) is 0 Å². The Morgan fingerprint density at radius 1 is 1.21 bits per heavy atom. The van der Waals surface area contributed by atoms with Gasteiger partial charge in [0, 0.05) is 23.7 Å². The Hall–Kier alpha value is -2.24. The fourth-order valence-electron chi connectivity index (χ4n) is 2.11. The molecule has 0 saturated carbocycles. The van der Waals surface area contributed by atoms with E-state index in [1.54, 1.807) is 24.3 Å². The van der Waals surface area contributed by atoms with Crippen LogP contribution in [0.15, 0.2) is 48.5 Å². The second-order valence-electron chi connectivity index (χ2n) is 5.39. The highest BCUT2D eigenvalue weighted by Gasteiger charge is 2.06. The molecule has 1 atom stereocenters. The van der Waals surface area contributed by atoms with Crippen molar-refractivity contribution in [1.29, 1.82) is 0 Å². The van der Waals surface area contributed by atoms with Crippen molar-refractivity contribution in [2.75, 3.05) is 18.5 Å². The number of nitrogens with one attached hydrogen (secondary N) is 1. The van der Waals surface area contributed by atoms with Crippen LogP contribution in [0.25, 0.3) is 0 Å². The molecule has 3 N–H and O–H groups in total. The molecule has 0 aliphatic rings. The van der Waals surface area contributed by atoms with E-state index in [4.69, 9.17) is 21.4 Å². The number of hydrogen-bond donors (Lipinski definition) is 3. The molecule has 0 bridgehead atoms. The number of aliphatic carboxylic acids is 1. The Kier molecular flexibility index (Phi) is 6.90. The average molecular weight is 350 g/mol. The van der Waals surface area contributed by atoms with Gasteiger partial charge in [0.25, 0.3) is 0 Å². The first kappa shape index (κ1) is 18.1. The van der Waals surface area contributed by atoms with Gasteiger partial charge >= 0.3 is 5.97 Å². The monoisotopic (exact) mass is 349 g/mol. The number of rotatable bonds is 9. The summed E-state index contributed by atoms with van der Waals surface area (Å²) >= 11 is 5.80. The lowest BCUT2D eigenvalue weighted by molar-refractivity contribution is -0.136. The summed E-state index contributed by atoms with van der Waals surface area (Å²) in [6.45, 7) is 0.489. The van der Waals surface area contributed by atoms with E-state index in [0.29, 0.717) is 23.7 Å². The molecule has 5 nitrogen and oxygen atoms in total. The second kappa shape index (κ2) is 9.15. The minimum absolute atomic E-state index is 0.0982. The molecule has 0 heterocycles. The number of carbonyl (C=O) groups is 1. The Morgan fingerprint density at radius 2 is 1.96 bits per heavy atom. The summed E-state index contributed by atoms with van der Waals surface area (Å²) in [5, 5.41) is 22.5. The number of anilines is 1. The molecule has 1 unspecified atom stereocenters. The predicted molar refractivity (Wildman–Crippen MR) is 93.8 cm³/mol. The molecule has 128 valence electrons. The molecule has 24 heavy (non-hydrogen) atoms. The van der Waals surface area contributed by atoms with E-state index in [1.165, 1.54) is 0 Å². The summed E-state index contributed by atoms with van der Waals surface area (Å²) in [6.07, 6.45) is -0.1000. The van der Waals surface area contributed by atoms with Crippen LogP contribution < -0.4 is 10.1 Å². The largest absolute Gasteiger partial charge is 0.491 e. The van der Waals surface area contributed by atoms with Crippen LogP contribution in [0.3, 0.4) is 0 Å². The van der Waals surface area contributed by atoms with Crippen LogP contribution in [-0.4, -0.2) is 35.4 Å². The van der Waals surface area contributed by atoms with Crippen LogP contribution >= 0.6 is 11.6 Å². The van der Waals surface area contributed by atoms with Crippen molar-refractivity contribution in [3.8, 4) is 5.75 Å². The zero-order chi connectivity index (χ0) is 17.4. The highest BCUT2D eigenvalue weighted by Crippen LogP contribution is 2.16. The van der Waals surface area contributed by atoms with Crippen LogP contribution in [0.2, 0.25) is 5.02 Å². The third-order valence-electron chi connectivity index (χ3n) is 3.35. The number of benzene rings is 2. The molecule has 0 saturated heterocycles. The van der Waals surface area contributed by atoms with Crippen molar-refractivity contribution in [3.63, 3.8) is 0 Å². The molecule has 6 heteroatoms. The van der Waals surface area contributed by atoms with Crippen molar-refractivity contribution in [2.45, 2.75) is 18.9 Å². The molecule has 2 rings (SSSR count). The molecular weight excluding hydrogens is 330 g/mol. The first-order chi connectivity index (χ1) is 11.5. The van der Waals surface area contributed by atoms with Crippen molar-refractivity contribution < 1.29 is 19.7 Å². The smallest absolute Gasteiger partial charge is 0.303 e. The second-order valence-corrected chi connectivity index (χ2v) is 5.83. The van der Waals surface area contributed by atoms with E-state index in [2.05, 4.69) is 5.32 Å². The van der Waals surface area contributed by atoms with Gasteiger partial charge in [-0.1, -0.05) is 23.7 Å². The van der Waals surface area contributed by atoms with Gasteiger partial charge in [0.05, 0.1) is 0 Å². The van der Waals surface area contributed by atoms with Gasteiger partial charge in [-0.3, -0.25) is 4.79 Å². The predicted octanol–water partition coefficient (Wildman–Crippen LogP) is 3.21. The molecule has 0 aliphatic carbocycles. The standard InChI is InChI=1S/C18H20ClNO4/c19-14-5-7-17(8-6-14)24-12-16(21)11-20-15-3-1-2-13(10-15)4-9-18(22)23/h1-3,5-8,10,16,20-21H,4,9,11-12H2,(H,22,23). The Balaban J connectivity index is 1.76. The average Bonchev–Trinajstić information content (AvgIpc) is 2.58. The molecule has 0 amide bonds. The molecule has 0 radical (unpaired) electrons. The number of hydrogen-bond acceptors (Lipinski definition) is 4. The molecule has 0 aromatic heterocycles. The van der Waals surface area contributed by atoms with E-state index < -0.39 is 12.1 Å². The maximum Gasteiger partial charge on any atom is 0.303 e. The zero-order valence-corrected chi connectivity index (χ0v) is 13.9. The molecule has 2 aromatic carbocycles. The quantitative estimate of drug-likeness (QED) is 0.648. The van der Waals surface area contributed by atoms with E-state index in [1.807, 2.05) is 24.3 Å². The maximum absolute atomic E-state index is 10.6. The van der Waals surface area contributed by atoms with Crippen LogP contribution in [0.5, 0.6) is 5.75 Å². The summed E-state index contributed by atoms with van der Waals surface area (Å²) in [7, 11) is 0. The normalized spacial score (nSPS) is 11.8. The van der Waals surface area contributed by atoms with Crippen LogP contribution in [-0.2, 0) is 11.2 Å². The number of halogens is 1. The molecule has 2 aromatic rings. The third kappa shape index (κ3) is 6.48. The van der Waals surface area contributed by atoms with Gasteiger partial charge in [0.2, 0.25) is 0 Å². The van der Waals surface area contributed by atoms with Crippen molar-refractivity contribution >= 4 is 23.3 Å². The highest BCUT2D eigenvalue weighted by molar-refractivity contribution is 6.30. The lowest BCUT2D eigenvalue weighted by atomic mass is 10.1. The van der Waals surface area contributed by atoms with Gasteiger partial charge in [0.1, 0.15) is 18.5 Å². The van der Waals surface area contributed by atoms with Gasteiger partial charge < -0.3 is 20.3 Å². The highest BCUT2D eigenvalue weighted by atomic mass is 35.5. The molecule has 0 aliphatic heterocycles. The Bertz CT molecular complexity index is 660. The summed E-state index contributed by atoms with van der Waals surface area (Å²) in [4.78, 5) is 10.6. The first-order valence-electron chi connectivity index (χ1n) is 7.64.